The second-order valence-electron chi connectivity index (χ2n) is 6.52. The van der Waals surface area contributed by atoms with Crippen LogP contribution in [0.4, 0.5) is 0 Å². The van der Waals surface area contributed by atoms with Crippen LogP contribution in [0.15, 0.2) is 66.2 Å². The number of guanidine groups is 1. The smallest absolute Gasteiger partial charge is 0.231 e. The lowest BCUT2D eigenvalue weighted by atomic mass is 10.1. The van der Waals surface area contributed by atoms with Crippen LogP contribution >= 0.6 is 24.0 Å². The quantitative estimate of drug-likeness (QED) is 0.306. The van der Waals surface area contributed by atoms with Gasteiger partial charge >= 0.3 is 0 Å². The molecule has 152 valence electrons. The summed E-state index contributed by atoms with van der Waals surface area (Å²) in [6.07, 6.45) is 5.58. The second kappa shape index (κ2) is 10.1. The van der Waals surface area contributed by atoms with Gasteiger partial charge in [-0.1, -0.05) is 30.3 Å². The lowest BCUT2D eigenvalue weighted by Crippen LogP contribution is -2.36. The van der Waals surface area contributed by atoms with E-state index < -0.39 is 0 Å². The predicted molar refractivity (Wildman–Crippen MR) is 123 cm³/mol. The maximum atomic E-state index is 5.42. The second-order valence-corrected chi connectivity index (χ2v) is 6.52. The molecule has 0 bridgehead atoms. The third-order valence-corrected chi connectivity index (χ3v) is 4.53. The number of benzene rings is 2. The molecular weight excluding hydrogens is 481 g/mol. The largest absolute Gasteiger partial charge is 0.454 e. The lowest BCUT2D eigenvalue weighted by molar-refractivity contribution is 0.174. The zero-order chi connectivity index (χ0) is 19.2. The number of hydrogen-bond donors (Lipinski definition) is 2. The molecule has 0 amide bonds. The van der Waals surface area contributed by atoms with Crippen LogP contribution in [0, 0.1) is 0 Å². The molecule has 8 heteroatoms. The molecule has 0 saturated carbocycles. The Bertz CT molecular complexity index is 942. The number of ether oxygens (including phenoxy) is 2. The van der Waals surface area contributed by atoms with Gasteiger partial charge in [-0.2, -0.15) is 0 Å². The summed E-state index contributed by atoms with van der Waals surface area (Å²) in [5.41, 5.74) is 3.54. The Kier molecular flexibility index (Phi) is 7.34. The monoisotopic (exact) mass is 505 g/mol. The molecule has 0 saturated heterocycles. The summed E-state index contributed by atoms with van der Waals surface area (Å²) in [5.74, 6) is 2.33. The van der Waals surface area contributed by atoms with E-state index in [1.807, 2.05) is 30.7 Å². The summed E-state index contributed by atoms with van der Waals surface area (Å²) in [6.45, 7) is 2.47. The van der Waals surface area contributed by atoms with Crippen molar-refractivity contribution in [1.82, 2.24) is 20.2 Å². The standard InChI is InChI=1S/C21H23N5O2.HI/c1-22-21(25-12-18-6-7-19-20(10-18)28-15-27-19)24-11-16-2-4-17(5-3-16)13-26-9-8-23-14-26;/h2-10,14H,11-13,15H2,1H3,(H2,22,24,25);1H. The molecule has 7 nitrogen and oxygen atoms in total. The zero-order valence-electron chi connectivity index (χ0n) is 16.2. The van der Waals surface area contributed by atoms with E-state index in [-0.39, 0.29) is 30.8 Å². The third kappa shape index (κ3) is 5.63. The van der Waals surface area contributed by atoms with Crippen molar-refractivity contribution in [2.75, 3.05) is 13.8 Å². The molecule has 2 aromatic carbocycles. The Morgan fingerprint density at radius 1 is 1.00 bits per heavy atom. The van der Waals surface area contributed by atoms with Crippen LogP contribution in [-0.2, 0) is 19.6 Å². The van der Waals surface area contributed by atoms with E-state index in [0.717, 1.165) is 29.6 Å². The summed E-state index contributed by atoms with van der Waals surface area (Å²) in [5, 5.41) is 6.66. The number of imidazole rings is 1. The van der Waals surface area contributed by atoms with E-state index >= 15 is 0 Å². The van der Waals surface area contributed by atoms with Gasteiger partial charge in [-0.3, -0.25) is 4.99 Å². The van der Waals surface area contributed by atoms with Gasteiger partial charge in [0, 0.05) is 39.1 Å². The molecule has 0 unspecified atom stereocenters. The van der Waals surface area contributed by atoms with Gasteiger partial charge in [-0.25, -0.2) is 4.98 Å². The first-order valence-corrected chi connectivity index (χ1v) is 9.17. The van der Waals surface area contributed by atoms with Gasteiger partial charge in [0.15, 0.2) is 17.5 Å². The van der Waals surface area contributed by atoms with Gasteiger partial charge in [-0.05, 0) is 28.8 Å². The average molecular weight is 505 g/mol. The van der Waals surface area contributed by atoms with Crippen molar-refractivity contribution in [3.05, 3.63) is 77.9 Å². The summed E-state index contributed by atoms with van der Waals surface area (Å²) >= 11 is 0. The van der Waals surface area contributed by atoms with E-state index in [2.05, 4.69) is 49.4 Å². The molecule has 0 spiro atoms. The SMILES string of the molecule is CN=C(NCc1ccc(Cn2ccnc2)cc1)NCc1ccc2c(c1)OCO2.I. The van der Waals surface area contributed by atoms with Crippen molar-refractivity contribution in [2.24, 2.45) is 4.99 Å². The first kappa shape index (κ1) is 21.0. The maximum absolute atomic E-state index is 5.42. The number of rotatable bonds is 6. The molecule has 1 aromatic heterocycles. The number of nitrogens with zero attached hydrogens (tertiary/aromatic N) is 3. The number of aromatic nitrogens is 2. The lowest BCUT2D eigenvalue weighted by Gasteiger charge is -2.13. The minimum Gasteiger partial charge on any atom is -0.454 e. The van der Waals surface area contributed by atoms with Gasteiger partial charge in [-0.15, -0.1) is 24.0 Å². The van der Waals surface area contributed by atoms with Gasteiger partial charge in [0.2, 0.25) is 6.79 Å². The Labute approximate surface area is 187 Å². The molecule has 0 atom stereocenters. The van der Waals surface area contributed by atoms with Crippen LogP contribution in [-0.4, -0.2) is 29.4 Å². The number of hydrogen-bond acceptors (Lipinski definition) is 4. The van der Waals surface area contributed by atoms with E-state index in [4.69, 9.17) is 9.47 Å². The highest BCUT2D eigenvalue weighted by Crippen LogP contribution is 2.32. The molecule has 0 aliphatic carbocycles. The van der Waals surface area contributed by atoms with Crippen LogP contribution in [0.25, 0.3) is 0 Å². The van der Waals surface area contributed by atoms with Crippen molar-refractivity contribution >= 4 is 29.9 Å². The predicted octanol–water partition coefficient (Wildman–Crippen LogP) is 3.14. The average Bonchev–Trinajstić information content (AvgIpc) is 3.40. The summed E-state index contributed by atoms with van der Waals surface area (Å²) in [6, 6.07) is 14.5. The molecule has 2 N–H and O–H groups in total. The van der Waals surface area contributed by atoms with Crippen LogP contribution in [0.2, 0.25) is 0 Å². The normalized spacial score (nSPS) is 12.4. The van der Waals surface area contributed by atoms with Crippen molar-refractivity contribution in [2.45, 2.75) is 19.6 Å². The van der Waals surface area contributed by atoms with Crippen molar-refractivity contribution in [3.63, 3.8) is 0 Å². The fraction of sp³-hybridized carbons (Fsp3) is 0.238. The topological polar surface area (TPSA) is 72.7 Å². The Morgan fingerprint density at radius 3 is 2.41 bits per heavy atom. The molecule has 3 aromatic rings. The maximum Gasteiger partial charge on any atom is 0.231 e. The Hall–Kier alpha value is -2.75. The fourth-order valence-electron chi connectivity index (χ4n) is 3.00. The van der Waals surface area contributed by atoms with Gasteiger partial charge < -0.3 is 24.7 Å². The third-order valence-electron chi connectivity index (χ3n) is 4.53. The Balaban J connectivity index is 0.00000240. The van der Waals surface area contributed by atoms with E-state index in [1.54, 1.807) is 13.2 Å². The molecule has 0 radical (unpaired) electrons. The fourth-order valence-corrected chi connectivity index (χ4v) is 3.00. The number of fused-ring (bicyclic) bond motifs is 1. The van der Waals surface area contributed by atoms with Crippen LogP contribution in [0.1, 0.15) is 16.7 Å². The number of nitrogens with one attached hydrogen (secondary N) is 2. The first-order chi connectivity index (χ1) is 13.8. The van der Waals surface area contributed by atoms with E-state index in [0.29, 0.717) is 13.1 Å². The molecule has 1 aliphatic heterocycles. The zero-order valence-corrected chi connectivity index (χ0v) is 18.5. The molecule has 4 rings (SSSR count). The molecule has 2 heterocycles. The van der Waals surface area contributed by atoms with Crippen LogP contribution < -0.4 is 20.1 Å². The molecule has 29 heavy (non-hydrogen) atoms. The van der Waals surface area contributed by atoms with Crippen molar-refractivity contribution in [1.29, 1.82) is 0 Å². The number of halogens is 1. The molecule has 0 fully saturated rings. The summed E-state index contributed by atoms with van der Waals surface area (Å²) in [4.78, 5) is 8.36. The van der Waals surface area contributed by atoms with Crippen LogP contribution in [0.3, 0.4) is 0 Å². The van der Waals surface area contributed by atoms with Gasteiger partial charge in [0.05, 0.1) is 6.33 Å². The highest BCUT2D eigenvalue weighted by atomic mass is 127. The van der Waals surface area contributed by atoms with Gasteiger partial charge in [0.25, 0.3) is 0 Å². The van der Waals surface area contributed by atoms with E-state index in [9.17, 15) is 0 Å². The minimum atomic E-state index is 0. The van der Waals surface area contributed by atoms with Crippen molar-refractivity contribution in [3.8, 4) is 11.5 Å². The summed E-state index contributed by atoms with van der Waals surface area (Å²) < 4.78 is 12.8. The van der Waals surface area contributed by atoms with Crippen LogP contribution in [0.5, 0.6) is 11.5 Å². The van der Waals surface area contributed by atoms with E-state index in [1.165, 1.54) is 11.1 Å². The summed E-state index contributed by atoms with van der Waals surface area (Å²) in [7, 11) is 1.77. The first-order valence-electron chi connectivity index (χ1n) is 9.17. The van der Waals surface area contributed by atoms with Gasteiger partial charge in [0.1, 0.15) is 0 Å². The highest BCUT2D eigenvalue weighted by Gasteiger charge is 2.13. The highest BCUT2D eigenvalue weighted by molar-refractivity contribution is 14.0. The molecule has 1 aliphatic rings. The molecular formula is C21H24IN5O2. The van der Waals surface area contributed by atoms with Crippen molar-refractivity contribution < 1.29 is 9.47 Å². The Morgan fingerprint density at radius 2 is 1.69 bits per heavy atom. The minimum absolute atomic E-state index is 0. The number of aliphatic imine (C=N–C) groups is 1.